The third-order valence-corrected chi connectivity index (χ3v) is 11.1. The third kappa shape index (κ3) is 15.5. The first-order valence-corrected chi connectivity index (χ1v) is 20.8. The Bertz CT molecular complexity index is 1020. The van der Waals surface area contributed by atoms with Gasteiger partial charge in [-0.2, -0.15) is 0 Å². The molecule has 39 heavy (non-hydrogen) atoms. The zero-order chi connectivity index (χ0) is 29.5. The normalized spacial score (nSPS) is 13.6. The number of benzene rings is 2. The zero-order valence-corrected chi connectivity index (χ0v) is 32.5. The summed E-state index contributed by atoms with van der Waals surface area (Å²) in [5.74, 6) is 0.0950. The molecule has 0 aliphatic carbocycles. The Morgan fingerprint density at radius 1 is 0.872 bits per heavy atom. The summed E-state index contributed by atoms with van der Waals surface area (Å²) < 4.78 is 4.82. The molecule has 0 saturated carbocycles. The second kappa shape index (κ2) is 15.2. The van der Waals surface area contributed by atoms with Crippen LogP contribution in [-0.2, 0) is 36.7 Å². The van der Waals surface area contributed by atoms with Crippen molar-refractivity contribution < 1.29 is 24.6 Å². The predicted octanol–water partition coefficient (Wildman–Crippen LogP) is 7.97. The van der Waals surface area contributed by atoms with Crippen LogP contribution < -0.4 is 5.11 Å². The molecule has 2 aromatic rings. The molecule has 0 aliphatic heterocycles. The summed E-state index contributed by atoms with van der Waals surface area (Å²) in [6.07, 6.45) is 2.67. The monoisotopic (exact) mass is 617 g/mol. The van der Waals surface area contributed by atoms with Crippen molar-refractivity contribution in [2.24, 2.45) is 4.99 Å². The van der Waals surface area contributed by atoms with Crippen LogP contribution in [0.5, 0.6) is 5.75 Å². The summed E-state index contributed by atoms with van der Waals surface area (Å²) in [7, 11) is 1.91. The van der Waals surface area contributed by atoms with E-state index >= 15 is 0 Å². The van der Waals surface area contributed by atoms with Crippen LogP contribution in [0.1, 0.15) is 63.8 Å². The van der Waals surface area contributed by atoms with Crippen molar-refractivity contribution in [2.45, 2.75) is 104 Å². The number of hydrogen-bond acceptors (Lipinski definition) is 3. The van der Waals surface area contributed by atoms with E-state index in [-0.39, 0.29) is 42.1 Å². The van der Waals surface area contributed by atoms with Crippen LogP contribution in [-0.4, -0.2) is 54.3 Å². The van der Waals surface area contributed by atoms with Gasteiger partial charge in [0.2, 0.25) is 0 Å². The Kier molecular flexibility index (Phi) is 14.8. The number of aliphatic imine (C=N–C) groups is 1. The molecule has 1 atom stereocenters. The maximum atomic E-state index is 13.2. The van der Waals surface area contributed by atoms with E-state index in [1.165, 1.54) is 11.1 Å². The Morgan fingerprint density at radius 3 is 1.77 bits per heavy atom. The summed E-state index contributed by atoms with van der Waals surface area (Å²) in [5.41, 5.74) is 3.77. The van der Waals surface area contributed by atoms with Crippen molar-refractivity contribution >= 4 is 22.7 Å². The van der Waals surface area contributed by atoms with E-state index in [0.717, 1.165) is 18.5 Å². The summed E-state index contributed by atoms with van der Waals surface area (Å²) in [4.78, 5) is 7.02. The molecular weight excluding hydrogens is 564 g/mol. The molecule has 2 rings (SSSR count). The van der Waals surface area contributed by atoms with Gasteiger partial charge in [0.25, 0.3) is 0 Å². The van der Waals surface area contributed by atoms with Gasteiger partial charge < -0.3 is 14.7 Å². The van der Waals surface area contributed by atoms with Crippen LogP contribution in [0.3, 0.4) is 0 Å². The van der Waals surface area contributed by atoms with Gasteiger partial charge in [-0.25, -0.2) is 0 Å². The molecule has 0 fully saturated rings. The van der Waals surface area contributed by atoms with Crippen LogP contribution in [0, 0.1) is 0 Å². The van der Waals surface area contributed by atoms with Gasteiger partial charge in [-0.15, -0.1) is 0 Å². The maximum Gasteiger partial charge on any atom is 2.00 e. The maximum absolute atomic E-state index is 13.2. The number of hydrogen-bond donors (Lipinski definition) is 0. The van der Waals surface area contributed by atoms with Crippen LogP contribution in [0.4, 0.5) is 0 Å². The Morgan fingerprint density at radius 2 is 1.38 bits per heavy atom. The Labute approximate surface area is 256 Å². The van der Waals surface area contributed by atoms with Crippen molar-refractivity contribution in [3.63, 3.8) is 0 Å². The van der Waals surface area contributed by atoms with Crippen molar-refractivity contribution in [3.05, 3.63) is 69.4 Å². The van der Waals surface area contributed by atoms with Crippen molar-refractivity contribution in [1.82, 2.24) is 4.90 Å². The SMILES string of the molecule is CN(C)C[C@H](Cc1ccccc1)N=Cc1cc(C(C)(C)C)cc(C(C)(C)C)c1[O-].C[Si](C)(C)[N-][Si](C)(C)C.[Zn+2]. The van der Waals surface area contributed by atoms with Crippen LogP contribution in [0.25, 0.3) is 4.65 Å². The quantitative estimate of drug-likeness (QED) is 0.222. The van der Waals surface area contributed by atoms with Crippen LogP contribution >= 0.6 is 0 Å². The van der Waals surface area contributed by atoms with Gasteiger partial charge in [-0.1, -0.05) is 146 Å². The molecule has 0 radical (unpaired) electrons. The summed E-state index contributed by atoms with van der Waals surface area (Å²) in [5, 5.41) is 13.2. The van der Waals surface area contributed by atoms with Gasteiger partial charge in [0.15, 0.2) is 0 Å². The first-order valence-electron chi connectivity index (χ1n) is 13.9. The molecule has 4 nitrogen and oxygen atoms in total. The first kappa shape index (κ1) is 37.9. The minimum Gasteiger partial charge on any atom is -0.872 e. The average Bonchev–Trinajstić information content (AvgIpc) is 2.69. The average molecular weight is 619 g/mol. The molecule has 0 N–H and O–H groups in total. The number of rotatable bonds is 8. The summed E-state index contributed by atoms with van der Waals surface area (Å²) in [6.45, 7) is 27.5. The smallest absolute Gasteiger partial charge is 0.872 e. The molecule has 0 saturated heterocycles. The van der Waals surface area contributed by atoms with Gasteiger partial charge in [-0.05, 0) is 53.6 Å². The molecule has 214 valence electrons. The van der Waals surface area contributed by atoms with Crippen molar-refractivity contribution in [1.29, 1.82) is 0 Å². The fraction of sp³-hybridized carbons (Fsp3) is 0.594. The van der Waals surface area contributed by atoms with Crippen molar-refractivity contribution in [3.8, 4) is 5.75 Å². The van der Waals surface area contributed by atoms with Gasteiger partial charge in [0.1, 0.15) is 0 Å². The summed E-state index contributed by atoms with van der Waals surface area (Å²) in [6, 6.07) is 14.6. The fourth-order valence-electron chi connectivity index (χ4n) is 4.40. The Hall–Kier alpha value is -1.11. The van der Waals surface area contributed by atoms with Gasteiger partial charge in [0, 0.05) is 12.8 Å². The van der Waals surface area contributed by atoms with E-state index in [2.05, 4.69) is 130 Å². The molecule has 0 amide bonds. The van der Waals surface area contributed by atoms with E-state index in [9.17, 15) is 5.11 Å². The molecule has 0 heterocycles. The summed E-state index contributed by atoms with van der Waals surface area (Å²) >= 11 is 0. The number of likely N-dealkylation sites (N-methyl/N-ethyl adjacent to an activating group) is 1. The molecule has 0 aromatic heterocycles. The minimum absolute atomic E-state index is 0. The zero-order valence-electron chi connectivity index (χ0n) is 27.6. The van der Waals surface area contributed by atoms with E-state index in [1.807, 2.05) is 18.3 Å². The fourth-order valence-corrected chi connectivity index (χ4v) is 12.5. The van der Waals surface area contributed by atoms with Gasteiger partial charge in [-0.3, -0.25) is 4.99 Å². The topological polar surface area (TPSA) is 52.8 Å². The molecule has 0 aliphatic rings. The van der Waals surface area contributed by atoms with Crippen LogP contribution in [0.2, 0.25) is 39.3 Å². The Balaban J connectivity index is 0.00000124. The molecule has 0 unspecified atom stereocenters. The van der Waals surface area contributed by atoms with Gasteiger partial charge >= 0.3 is 19.5 Å². The minimum atomic E-state index is -1.11. The number of nitrogens with zero attached hydrogens (tertiary/aromatic N) is 3. The molecule has 7 heteroatoms. The standard InChI is InChI=1S/C26H38N2O.C6H18NSi2.Zn/c1-25(2,3)21-15-20(24(29)23(16-21)26(4,5)6)17-27-22(18-28(7)8)14-19-12-10-9-11-13-19;1-8(2,3)7-9(4,5)6;/h9-13,15-17,22,29H,14,18H2,1-8H3;1-6H3;/q;-1;+2/p-1/t22-;;/m0../s1. The van der Waals surface area contributed by atoms with Crippen molar-refractivity contribution in [2.75, 3.05) is 20.6 Å². The van der Waals surface area contributed by atoms with Crippen LogP contribution in [0.15, 0.2) is 47.5 Å². The van der Waals surface area contributed by atoms with Gasteiger partial charge in [0.05, 0.1) is 6.04 Å². The largest absolute Gasteiger partial charge is 2.00 e. The molecular formula is C32H55N3OSi2Zn. The molecule has 0 spiro atoms. The van der Waals surface area contributed by atoms with E-state index in [0.29, 0.717) is 5.56 Å². The third-order valence-electron chi connectivity index (χ3n) is 5.78. The predicted molar refractivity (Wildman–Crippen MR) is 173 cm³/mol. The second-order valence-electron chi connectivity index (χ2n) is 14.8. The van der Waals surface area contributed by atoms with E-state index < -0.39 is 16.5 Å². The van der Waals surface area contributed by atoms with E-state index in [1.54, 1.807) is 0 Å². The molecule has 0 bridgehead atoms. The molecule has 2 aromatic carbocycles. The second-order valence-corrected chi connectivity index (χ2v) is 24.4. The van der Waals surface area contributed by atoms with E-state index in [4.69, 9.17) is 9.64 Å². The first-order chi connectivity index (χ1) is 17.1.